The van der Waals surface area contributed by atoms with Gasteiger partial charge in [-0.15, -0.1) is 0 Å². The summed E-state index contributed by atoms with van der Waals surface area (Å²) in [7, 11) is 0. The molecule has 0 aliphatic carbocycles. The van der Waals surface area contributed by atoms with Gasteiger partial charge >= 0.3 is 0 Å². The first-order chi connectivity index (χ1) is 13.6. The second-order valence-electron chi connectivity index (χ2n) is 6.98. The Morgan fingerprint density at radius 3 is 2.75 bits per heavy atom. The summed E-state index contributed by atoms with van der Waals surface area (Å²) in [5.74, 6) is 1.90. The van der Waals surface area contributed by atoms with E-state index in [1.54, 1.807) is 6.20 Å². The highest BCUT2D eigenvalue weighted by molar-refractivity contribution is 5.94. The molecule has 6 heteroatoms. The number of pyridine rings is 1. The van der Waals surface area contributed by atoms with Crippen LogP contribution in [0.15, 0.2) is 36.7 Å². The van der Waals surface area contributed by atoms with Crippen LogP contribution in [0, 0.1) is 6.92 Å². The van der Waals surface area contributed by atoms with E-state index in [9.17, 15) is 0 Å². The Morgan fingerprint density at radius 2 is 1.96 bits per heavy atom. The van der Waals surface area contributed by atoms with E-state index in [1.165, 1.54) is 6.42 Å². The van der Waals surface area contributed by atoms with Crippen molar-refractivity contribution in [3.63, 3.8) is 0 Å². The molecule has 0 saturated carbocycles. The molecule has 0 unspecified atom stereocenters. The van der Waals surface area contributed by atoms with Gasteiger partial charge < -0.3 is 15.4 Å². The van der Waals surface area contributed by atoms with E-state index in [0.717, 1.165) is 47.4 Å². The fraction of sp³-hybridized carbons (Fsp3) is 0.409. The number of ether oxygens (including phenoxy) is 1. The number of aryl methyl sites for hydroxylation is 1. The molecule has 2 heterocycles. The summed E-state index contributed by atoms with van der Waals surface area (Å²) in [5, 5.41) is 8.97. The maximum absolute atomic E-state index is 5.86. The Kier molecular flexibility index (Phi) is 6.63. The number of anilines is 3. The van der Waals surface area contributed by atoms with E-state index in [4.69, 9.17) is 4.74 Å². The molecule has 0 saturated heterocycles. The Morgan fingerprint density at radius 1 is 1.11 bits per heavy atom. The molecule has 1 atom stereocenters. The molecule has 2 N–H and O–H groups in total. The van der Waals surface area contributed by atoms with Crippen molar-refractivity contribution in [1.82, 2.24) is 15.0 Å². The summed E-state index contributed by atoms with van der Waals surface area (Å²) in [6.45, 7) is 9.17. The molecule has 2 aromatic heterocycles. The third kappa shape index (κ3) is 4.88. The number of benzene rings is 1. The predicted octanol–water partition coefficient (Wildman–Crippen LogP) is 5.47. The lowest BCUT2D eigenvalue weighted by atomic mass is 10.1. The fourth-order valence-electron chi connectivity index (χ4n) is 2.80. The maximum Gasteiger partial charge on any atom is 0.237 e. The number of nitrogens with zero attached hydrogens (tertiary/aromatic N) is 3. The number of aromatic nitrogens is 3. The third-order valence-electron chi connectivity index (χ3n) is 4.67. The highest BCUT2D eigenvalue weighted by atomic mass is 16.5. The molecule has 0 spiro atoms. The minimum absolute atomic E-state index is 0.0978. The van der Waals surface area contributed by atoms with E-state index < -0.39 is 0 Å². The molecule has 1 aromatic carbocycles. The zero-order valence-corrected chi connectivity index (χ0v) is 17.1. The maximum atomic E-state index is 5.86. The van der Waals surface area contributed by atoms with Crippen molar-refractivity contribution in [3.8, 4) is 5.88 Å². The molecule has 0 bridgehead atoms. The van der Waals surface area contributed by atoms with E-state index >= 15 is 0 Å². The largest absolute Gasteiger partial charge is 0.473 e. The van der Waals surface area contributed by atoms with Crippen molar-refractivity contribution in [2.75, 3.05) is 17.2 Å². The summed E-state index contributed by atoms with van der Waals surface area (Å²) < 4.78 is 5.86. The van der Waals surface area contributed by atoms with Gasteiger partial charge in [0, 0.05) is 23.8 Å². The van der Waals surface area contributed by atoms with Crippen molar-refractivity contribution in [3.05, 3.63) is 42.4 Å². The lowest BCUT2D eigenvalue weighted by Gasteiger charge is -2.14. The number of fused-ring (bicyclic) bond motifs is 1. The Labute approximate surface area is 166 Å². The lowest BCUT2D eigenvalue weighted by Crippen LogP contribution is -2.13. The molecule has 6 nitrogen and oxygen atoms in total. The first-order valence-corrected chi connectivity index (χ1v) is 10.0. The smallest absolute Gasteiger partial charge is 0.237 e. The molecule has 0 amide bonds. The van der Waals surface area contributed by atoms with Crippen LogP contribution in [0.25, 0.3) is 10.8 Å². The number of hydrogen-bond donors (Lipinski definition) is 2. The zero-order valence-electron chi connectivity index (χ0n) is 17.1. The van der Waals surface area contributed by atoms with Crippen molar-refractivity contribution < 1.29 is 4.74 Å². The van der Waals surface area contributed by atoms with Crippen LogP contribution in [0.3, 0.4) is 0 Å². The molecule has 0 radical (unpaired) electrons. The number of unbranched alkanes of at least 4 members (excludes halogenated alkanes) is 1. The van der Waals surface area contributed by atoms with Crippen LogP contribution in [0.1, 0.15) is 45.7 Å². The highest BCUT2D eigenvalue weighted by Crippen LogP contribution is 2.26. The summed E-state index contributed by atoms with van der Waals surface area (Å²) in [6, 6.07) is 8.27. The van der Waals surface area contributed by atoms with Gasteiger partial charge in [-0.3, -0.25) is 4.98 Å². The quantitative estimate of drug-likeness (QED) is 0.481. The van der Waals surface area contributed by atoms with Crippen LogP contribution in [0.4, 0.5) is 17.3 Å². The third-order valence-corrected chi connectivity index (χ3v) is 4.67. The van der Waals surface area contributed by atoms with Crippen molar-refractivity contribution >= 4 is 28.1 Å². The number of hydrogen-bond acceptors (Lipinski definition) is 6. The monoisotopic (exact) mass is 379 g/mol. The van der Waals surface area contributed by atoms with Gasteiger partial charge in [-0.05, 0) is 44.2 Å². The first kappa shape index (κ1) is 19.9. The average Bonchev–Trinajstić information content (AvgIpc) is 2.70. The topological polar surface area (TPSA) is 72.0 Å². The second-order valence-corrected chi connectivity index (χ2v) is 6.98. The van der Waals surface area contributed by atoms with E-state index in [1.807, 2.05) is 26.1 Å². The van der Waals surface area contributed by atoms with Crippen LogP contribution in [-0.4, -0.2) is 27.6 Å². The van der Waals surface area contributed by atoms with Crippen LogP contribution >= 0.6 is 0 Å². The Hall–Kier alpha value is -2.89. The van der Waals surface area contributed by atoms with Gasteiger partial charge in [0.25, 0.3) is 0 Å². The summed E-state index contributed by atoms with van der Waals surface area (Å²) in [5.41, 5.74) is 1.89. The fourth-order valence-corrected chi connectivity index (χ4v) is 2.80. The van der Waals surface area contributed by atoms with Gasteiger partial charge in [0.05, 0.1) is 18.0 Å². The standard InChI is InChI=1S/C22H29N5O/c1-5-7-11-23-19-10-8-9-17-12-20(25-13-18(17)19)26-21-14-24-16(4)22(27-21)28-15(3)6-2/h8-10,12-15,23H,5-7,11H2,1-4H3,(H,25,26,27)/t15-/m1/s1. The Bertz CT molecular complexity index is 928. The lowest BCUT2D eigenvalue weighted by molar-refractivity contribution is 0.206. The zero-order chi connectivity index (χ0) is 19.9. The predicted molar refractivity (Wildman–Crippen MR) is 116 cm³/mol. The molecule has 0 fully saturated rings. The van der Waals surface area contributed by atoms with E-state index in [2.05, 4.69) is 57.6 Å². The summed E-state index contributed by atoms with van der Waals surface area (Å²) in [4.78, 5) is 13.5. The molecule has 3 rings (SSSR count). The molecule has 0 aliphatic rings. The second kappa shape index (κ2) is 9.35. The molecular weight excluding hydrogens is 350 g/mol. The van der Waals surface area contributed by atoms with Gasteiger partial charge in [0.2, 0.25) is 5.88 Å². The molecule has 3 aromatic rings. The van der Waals surface area contributed by atoms with Crippen molar-refractivity contribution in [2.24, 2.45) is 0 Å². The first-order valence-electron chi connectivity index (χ1n) is 10.0. The minimum atomic E-state index is 0.0978. The van der Waals surface area contributed by atoms with Crippen LogP contribution in [-0.2, 0) is 0 Å². The van der Waals surface area contributed by atoms with Gasteiger partial charge in [-0.2, -0.15) is 4.98 Å². The van der Waals surface area contributed by atoms with Crippen molar-refractivity contribution in [1.29, 1.82) is 0 Å². The molecule has 28 heavy (non-hydrogen) atoms. The van der Waals surface area contributed by atoms with E-state index in [-0.39, 0.29) is 6.10 Å². The van der Waals surface area contributed by atoms with Gasteiger partial charge in [-0.1, -0.05) is 32.4 Å². The van der Waals surface area contributed by atoms with Crippen LogP contribution in [0.5, 0.6) is 5.88 Å². The van der Waals surface area contributed by atoms with Crippen LogP contribution < -0.4 is 15.4 Å². The summed E-state index contributed by atoms with van der Waals surface area (Å²) in [6.07, 6.45) is 6.93. The highest BCUT2D eigenvalue weighted by Gasteiger charge is 2.10. The van der Waals surface area contributed by atoms with Gasteiger partial charge in [-0.25, -0.2) is 4.98 Å². The minimum Gasteiger partial charge on any atom is -0.473 e. The average molecular weight is 380 g/mol. The molecular formula is C22H29N5O. The van der Waals surface area contributed by atoms with Gasteiger partial charge in [0.15, 0.2) is 5.82 Å². The molecule has 148 valence electrons. The number of rotatable bonds is 9. The SMILES string of the molecule is CCCCNc1cccc2cc(Nc3cnc(C)c(O[C@H](C)CC)n3)ncc12. The normalized spacial score (nSPS) is 12.0. The Balaban J connectivity index is 1.80. The van der Waals surface area contributed by atoms with Gasteiger partial charge in [0.1, 0.15) is 5.82 Å². The van der Waals surface area contributed by atoms with Crippen LogP contribution in [0.2, 0.25) is 0 Å². The molecule has 0 aliphatic heterocycles. The summed E-state index contributed by atoms with van der Waals surface area (Å²) >= 11 is 0. The van der Waals surface area contributed by atoms with Crippen molar-refractivity contribution in [2.45, 2.75) is 53.1 Å². The van der Waals surface area contributed by atoms with E-state index in [0.29, 0.717) is 11.7 Å². The number of nitrogens with one attached hydrogen (secondary N) is 2.